The Morgan fingerprint density at radius 1 is 1.00 bits per heavy atom. The number of benzene rings is 2. The number of ether oxygens (including phenoxy) is 3. The summed E-state index contributed by atoms with van der Waals surface area (Å²) in [4.78, 5) is 27.2. The molecule has 0 spiro atoms. The number of H-pyrrole nitrogens is 1. The van der Waals surface area contributed by atoms with E-state index in [2.05, 4.69) is 4.98 Å². The van der Waals surface area contributed by atoms with Crippen LogP contribution < -0.4 is 4.74 Å². The first kappa shape index (κ1) is 18.5. The minimum Gasteiger partial charge on any atom is -0.497 e. The molecule has 0 amide bonds. The van der Waals surface area contributed by atoms with E-state index in [1.165, 1.54) is 0 Å². The number of hydrogen-bond donors (Lipinski definition) is 1. The molecule has 0 saturated heterocycles. The van der Waals surface area contributed by atoms with E-state index >= 15 is 0 Å². The number of aromatic amines is 1. The molecular weight excluding hydrogens is 346 g/mol. The lowest BCUT2D eigenvalue weighted by molar-refractivity contribution is -0.159. The van der Waals surface area contributed by atoms with Gasteiger partial charge >= 0.3 is 11.9 Å². The Balaban J connectivity index is 1.55. The van der Waals surface area contributed by atoms with Crippen molar-refractivity contribution in [3.63, 3.8) is 0 Å². The Labute approximate surface area is 157 Å². The number of aromatic nitrogens is 1. The summed E-state index contributed by atoms with van der Waals surface area (Å²) >= 11 is 0. The largest absolute Gasteiger partial charge is 0.497 e. The fourth-order valence-corrected chi connectivity index (χ4v) is 2.83. The molecule has 3 rings (SSSR count). The van der Waals surface area contributed by atoms with Gasteiger partial charge in [0.2, 0.25) is 0 Å². The summed E-state index contributed by atoms with van der Waals surface area (Å²) < 4.78 is 15.4. The van der Waals surface area contributed by atoms with Crippen LogP contribution in [0.3, 0.4) is 0 Å². The molecule has 0 saturated carbocycles. The van der Waals surface area contributed by atoms with Gasteiger partial charge in [-0.3, -0.25) is 4.79 Å². The van der Waals surface area contributed by atoms with E-state index in [1.54, 1.807) is 7.11 Å². The average Bonchev–Trinajstić information content (AvgIpc) is 3.00. The number of fused-ring (bicyclic) bond motifs is 1. The normalized spacial score (nSPS) is 10.6. The minimum absolute atomic E-state index is 0.0605. The Morgan fingerprint density at radius 2 is 1.78 bits per heavy atom. The molecule has 0 fully saturated rings. The fraction of sp³-hybridized carbons (Fsp3) is 0.238. The van der Waals surface area contributed by atoms with Crippen LogP contribution in [-0.4, -0.2) is 30.6 Å². The molecule has 3 aromatic rings. The van der Waals surface area contributed by atoms with Gasteiger partial charge in [-0.2, -0.15) is 0 Å². The van der Waals surface area contributed by atoms with Crippen LogP contribution in [0.25, 0.3) is 10.9 Å². The van der Waals surface area contributed by atoms with Crippen LogP contribution in [0.15, 0.2) is 48.5 Å². The van der Waals surface area contributed by atoms with Crippen molar-refractivity contribution in [2.75, 3.05) is 13.7 Å². The van der Waals surface area contributed by atoms with E-state index in [-0.39, 0.29) is 13.0 Å². The van der Waals surface area contributed by atoms with E-state index in [1.807, 2.05) is 55.5 Å². The molecule has 2 aromatic carbocycles. The molecule has 0 bridgehead atoms. The summed E-state index contributed by atoms with van der Waals surface area (Å²) in [5.41, 5.74) is 3.49. The molecule has 1 heterocycles. The van der Waals surface area contributed by atoms with Crippen molar-refractivity contribution in [2.24, 2.45) is 0 Å². The van der Waals surface area contributed by atoms with Gasteiger partial charge in [-0.1, -0.05) is 30.3 Å². The van der Waals surface area contributed by atoms with E-state index < -0.39 is 18.5 Å². The zero-order valence-electron chi connectivity index (χ0n) is 15.3. The van der Waals surface area contributed by atoms with Crippen LogP contribution in [-0.2, 0) is 32.1 Å². The monoisotopic (exact) mass is 367 g/mol. The maximum Gasteiger partial charge on any atom is 0.344 e. The van der Waals surface area contributed by atoms with Gasteiger partial charge in [0.1, 0.15) is 12.4 Å². The SMILES string of the molecule is COc1ccc2[nH]c(C)c(CC(=O)OCC(=O)OCc3ccccc3)c2c1. The van der Waals surface area contributed by atoms with Crippen LogP contribution in [0, 0.1) is 6.92 Å². The van der Waals surface area contributed by atoms with Crippen molar-refractivity contribution in [1.82, 2.24) is 4.98 Å². The maximum absolute atomic E-state index is 12.2. The average molecular weight is 367 g/mol. The molecule has 1 N–H and O–H groups in total. The standard InChI is InChI=1S/C21H21NO5/c1-14-17(18-10-16(25-2)8-9-19(18)22-14)11-20(23)27-13-21(24)26-12-15-6-4-3-5-7-15/h3-10,22H,11-13H2,1-2H3. The Kier molecular flexibility index (Phi) is 5.76. The number of carbonyl (C=O) groups excluding carboxylic acids is 2. The van der Waals surface area contributed by atoms with Gasteiger partial charge in [0.15, 0.2) is 6.61 Å². The van der Waals surface area contributed by atoms with Gasteiger partial charge in [0.25, 0.3) is 0 Å². The second kappa shape index (κ2) is 8.40. The summed E-state index contributed by atoms with van der Waals surface area (Å²) in [6.45, 7) is 1.64. The van der Waals surface area contributed by atoms with Gasteiger partial charge in [0.05, 0.1) is 13.5 Å². The number of carbonyl (C=O) groups is 2. The molecule has 0 aliphatic rings. The molecular formula is C21H21NO5. The summed E-state index contributed by atoms with van der Waals surface area (Å²) in [5, 5.41) is 0.899. The number of rotatable bonds is 7. The van der Waals surface area contributed by atoms with Crippen molar-refractivity contribution in [1.29, 1.82) is 0 Å². The summed E-state index contributed by atoms with van der Waals surface area (Å²) in [6.07, 6.45) is 0.0605. The molecule has 1 aromatic heterocycles. The molecule has 0 atom stereocenters. The lowest BCUT2D eigenvalue weighted by Gasteiger charge is -2.07. The van der Waals surface area contributed by atoms with Crippen molar-refractivity contribution in [3.8, 4) is 5.75 Å². The lowest BCUT2D eigenvalue weighted by atomic mass is 10.1. The summed E-state index contributed by atoms with van der Waals surface area (Å²) in [5.74, 6) is -0.358. The van der Waals surface area contributed by atoms with E-state index in [0.29, 0.717) is 5.75 Å². The van der Waals surface area contributed by atoms with Gasteiger partial charge in [-0.15, -0.1) is 0 Å². The first-order chi connectivity index (χ1) is 13.1. The van der Waals surface area contributed by atoms with Crippen LogP contribution in [0.2, 0.25) is 0 Å². The first-order valence-corrected chi connectivity index (χ1v) is 8.57. The van der Waals surface area contributed by atoms with Gasteiger partial charge in [-0.05, 0) is 36.2 Å². The second-order valence-electron chi connectivity index (χ2n) is 6.12. The van der Waals surface area contributed by atoms with Crippen LogP contribution in [0.5, 0.6) is 5.75 Å². The molecule has 140 valence electrons. The van der Waals surface area contributed by atoms with Crippen molar-refractivity contribution >= 4 is 22.8 Å². The fourth-order valence-electron chi connectivity index (χ4n) is 2.83. The quantitative estimate of drug-likeness (QED) is 0.648. The van der Waals surface area contributed by atoms with Gasteiger partial charge in [0, 0.05) is 16.6 Å². The predicted octanol–water partition coefficient (Wildman–Crippen LogP) is 3.31. The summed E-state index contributed by atoms with van der Waals surface area (Å²) in [6, 6.07) is 14.9. The maximum atomic E-state index is 12.2. The zero-order valence-corrected chi connectivity index (χ0v) is 15.3. The highest BCUT2D eigenvalue weighted by atomic mass is 16.6. The third kappa shape index (κ3) is 4.67. The van der Waals surface area contributed by atoms with Crippen LogP contribution >= 0.6 is 0 Å². The molecule has 0 aliphatic carbocycles. The Hall–Kier alpha value is -3.28. The third-order valence-electron chi connectivity index (χ3n) is 4.24. The predicted molar refractivity (Wildman–Crippen MR) is 100 cm³/mol. The van der Waals surface area contributed by atoms with Gasteiger partial charge < -0.3 is 19.2 Å². The highest BCUT2D eigenvalue weighted by Crippen LogP contribution is 2.26. The molecule has 6 heteroatoms. The molecule has 0 unspecified atom stereocenters. The number of methoxy groups -OCH3 is 1. The Morgan fingerprint density at radius 3 is 2.52 bits per heavy atom. The van der Waals surface area contributed by atoms with E-state index in [4.69, 9.17) is 14.2 Å². The van der Waals surface area contributed by atoms with Crippen molar-refractivity contribution < 1.29 is 23.8 Å². The van der Waals surface area contributed by atoms with Crippen molar-refractivity contribution in [2.45, 2.75) is 20.0 Å². The topological polar surface area (TPSA) is 77.6 Å². The van der Waals surface area contributed by atoms with Crippen molar-refractivity contribution in [3.05, 3.63) is 65.4 Å². The van der Waals surface area contributed by atoms with Gasteiger partial charge in [-0.25, -0.2) is 4.79 Å². The highest BCUT2D eigenvalue weighted by molar-refractivity contribution is 5.90. The minimum atomic E-state index is -0.579. The van der Waals surface area contributed by atoms with Crippen LogP contribution in [0.1, 0.15) is 16.8 Å². The zero-order chi connectivity index (χ0) is 19.2. The van der Waals surface area contributed by atoms with E-state index in [9.17, 15) is 9.59 Å². The second-order valence-corrected chi connectivity index (χ2v) is 6.12. The number of esters is 2. The number of aryl methyl sites for hydroxylation is 1. The first-order valence-electron chi connectivity index (χ1n) is 8.57. The Bertz CT molecular complexity index is 946. The molecule has 6 nitrogen and oxygen atoms in total. The molecule has 0 aliphatic heterocycles. The highest BCUT2D eigenvalue weighted by Gasteiger charge is 2.15. The number of hydrogen-bond acceptors (Lipinski definition) is 5. The summed E-state index contributed by atoms with van der Waals surface area (Å²) in [7, 11) is 1.59. The number of nitrogens with one attached hydrogen (secondary N) is 1. The molecule has 27 heavy (non-hydrogen) atoms. The molecule has 0 radical (unpaired) electrons. The smallest absolute Gasteiger partial charge is 0.344 e. The third-order valence-corrected chi connectivity index (χ3v) is 4.24. The van der Waals surface area contributed by atoms with Crippen LogP contribution in [0.4, 0.5) is 0 Å². The van der Waals surface area contributed by atoms with E-state index in [0.717, 1.165) is 27.7 Å². The lowest BCUT2D eigenvalue weighted by Crippen LogP contribution is -2.17.